The molecular formula is C25H16F4N4O5S. The van der Waals surface area contributed by atoms with Crippen LogP contribution in [0, 0.1) is 5.82 Å². The summed E-state index contributed by atoms with van der Waals surface area (Å²) in [5, 5.41) is 3.82. The smallest absolute Gasteiger partial charge is 0.417 e. The normalized spacial score (nSPS) is 12.0. The number of nitrogens with one attached hydrogen (secondary N) is 1. The number of anilines is 1. The fraction of sp³-hybridized carbons (Fsp3) is 0.0800. The van der Waals surface area contributed by atoms with Crippen molar-refractivity contribution in [1.29, 1.82) is 0 Å². The van der Waals surface area contributed by atoms with Crippen molar-refractivity contribution in [2.45, 2.75) is 11.1 Å². The van der Waals surface area contributed by atoms with Crippen molar-refractivity contribution >= 4 is 26.7 Å². The number of ether oxygens (including phenoxy) is 1. The standard InChI is InChI=1S/C25H16F4N4O5S/c1-37-22-10-18(15-8-16(13-30-12-15)25(27,28)29)19(26)11-21(22)33-20-4-3-17(9-14(20)2-5-24(33)34)39(35,36)32-23-6-7-38-31-23/h2-13H,1H3,(H,31,32). The van der Waals surface area contributed by atoms with Crippen LogP contribution in [-0.4, -0.2) is 30.2 Å². The number of sulfonamides is 1. The summed E-state index contributed by atoms with van der Waals surface area (Å²) in [7, 11) is -2.81. The Balaban J connectivity index is 1.63. The molecule has 14 heteroatoms. The van der Waals surface area contributed by atoms with Gasteiger partial charge >= 0.3 is 6.18 Å². The van der Waals surface area contributed by atoms with Crippen LogP contribution >= 0.6 is 0 Å². The second kappa shape index (κ2) is 9.54. The molecule has 0 unspecified atom stereocenters. The largest absolute Gasteiger partial charge is 0.495 e. The van der Waals surface area contributed by atoms with E-state index in [0.717, 1.165) is 35.0 Å². The average Bonchev–Trinajstić information content (AvgIpc) is 3.40. The number of benzene rings is 2. The van der Waals surface area contributed by atoms with Gasteiger partial charge in [-0.25, -0.2) is 12.8 Å². The van der Waals surface area contributed by atoms with Crippen molar-refractivity contribution in [3.05, 3.63) is 95.0 Å². The predicted octanol–water partition coefficient (Wildman–Crippen LogP) is 5.01. The van der Waals surface area contributed by atoms with Crippen LogP contribution in [0.15, 0.2) is 87.5 Å². The van der Waals surface area contributed by atoms with Gasteiger partial charge in [-0.05, 0) is 36.4 Å². The van der Waals surface area contributed by atoms with E-state index in [1.807, 2.05) is 0 Å². The van der Waals surface area contributed by atoms with Crippen LogP contribution in [0.25, 0.3) is 27.7 Å². The number of pyridine rings is 2. The number of halogens is 4. The Labute approximate surface area is 217 Å². The zero-order valence-corrected chi connectivity index (χ0v) is 20.5. The summed E-state index contributed by atoms with van der Waals surface area (Å²) in [6, 6.07) is 10.6. The molecule has 5 aromatic rings. The van der Waals surface area contributed by atoms with Gasteiger partial charge in [-0.3, -0.25) is 19.1 Å². The van der Waals surface area contributed by atoms with Crippen molar-refractivity contribution in [3.63, 3.8) is 0 Å². The molecule has 0 atom stereocenters. The number of fused-ring (bicyclic) bond motifs is 1. The van der Waals surface area contributed by atoms with E-state index in [-0.39, 0.29) is 38.8 Å². The Kier molecular flexibility index (Phi) is 6.34. The van der Waals surface area contributed by atoms with Crippen LogP contribution < -0.4 is 15.0 Å². The summed E-state index contributed by atoms with van der Waals surface area (Å²) < 4.78 is 93.7. The molecular weight excluding hydrogens is 544 g/mol. The second-order valence-electron chi connectivity index (χ2n) is 8.18. The number of nitrogens with zero attached hydrogens (tertiary/aromatic N) is 3. The molecule has 0 spiro atoms. The van der Waals surface area contributed by atoms with Gasteiger partial charge < -0.3 is 9.26 Å². The zero-order valence-electron chi connectivity index (χ0n) is 19.7. The number of alkyl halides is 3. The van der Waals surface area contributed by atoms with Crippen molar-refractivity contribution in [1.82, 2.24) is 14.7 Å². The summed E-state index contributed by atoms with van der Waals surface area (Å²) in [5.41, 5.74) is -1.86. The molecule has 9 nitrogen and oxygen atoms in total. The van der Waals surface area contributed by atoms with E-state index >= 15 is 4.39 Å². The Morgan fingerprint density at radius 3 is 2.51 bits per heavy atom. The van der Waals surface area contributed by atoms with Gasteiger partial charge in [-0.2, -0.15) is 13.2 Å². The third kappa shape index (κ3) is 4.93. The number of hydrogen-bond acceptors (Lipinski definition) is 7. The molecule has 2 aromatic carbocycles. The fourth-order valence-corrected chi connectivity index (χ4v) is 4.97. The van der Waals surface area contributed by atoms with Gasteiger partial charge in [0, 0.05) is 47.1 Å². The van der Waals surface area contributed by atoms with Crippen molar-refractivity contribution < 1.29 is 35.2 Å². The van der Waals surface area contributed by atoms with E-state index in [4.69, 9.17) is 4.74 Å². The van der Waals surface area contributed by atoms with Crippen LogP contribution in [-0.2, 0) is 16.2 Å². The van der Waals surface area contributed by atoms with Gasteiger partial charge in [0.2, 0.25) is 0 Å². The molecule has 0 aliphatic carbocycles. The summed E-state index contributed by atoms with van der Waals surface area (Å²) in [4.78, 5) is 16.3. The molecule has 5 rings (SSSR count). The molecule has 3 aromatic heterocycles. The lowest BCUT2D eigenvalue weighted by Gasteiger charge is -2.17. The first-order valence-electron chi connectivity index (χ1n) is 11.0. The Bertz CT molecular complexity index is 1870. The van der Waals surface area contributed by atoms with Gasteiger partial charge in [0.05, 0.1) is 28.8 Å². The molecule has 0 aliphatic rings. The van der Waals surface area contributed by atoms with Crippen LogP contribution in [0.1, 0.15) is 5.56 Å². The van der Waals surface area contributed by atoms with Gasteiger partial charge in [0.1, 0.15) is 17.8 Å². The van der Waals surface area contributed by atoms with Gasteiger partial charge in [0.25, 0.3) is 15.6 Å². The maximum Gasteiger partial charge on any atom is 0.417 e. The van der Waals surface area contributed by atoms with E-state index in [0.29, 0.717) is 11.6 Å². The molecule has 0 saturated carbocycles. The van der Waals surface area contributed by atoms with Crippen molar-refractivity contribution in [2.24, 2.45) is 0 Å². The molecule has 0 radical (unpaired) electrons. The van der Waals surface area contributed by atoms with Crippen molar-refractivity contribution in [3.8, 4) is 22.6 Å². The molecule has 0 bridgehead atoms. The minimum absolute atomic E-state index is 0.0252. The first-order chi connectivity index (χ1) is 18.5. The van der Waals surface area contributed by atoms with Gasteiger partial charge in [0.15, 0.2) is 5.82 Å². The topological polar surface area (TPSA) is 116 Å². The quantitative estimate of drug-likeness (QED) is 0.290. The van der Waals surface area contributed by atoms with Crippen LogP contribution in [0.2, 0.25) is 0 Å². The molecule has 3 heterocycles. The number of methoxy groups -OCH3 is 1. The number of aromatic nitrogens is 3. The Hall–Kier alpha value is -4.72. The van der Waals surface area contributed by atoms with E-state index in [2.05, 4.69) is 19.4 Å². The third-order valence-corrected chi connectivity index (χ3v) is 7.09. The highest BCUT2D eigenvalue weighted by atomic mass is 32.2. The van der Waals surface area contributed by atoms with Gasteiger partial charge in [-0.15, -0.1) is 0 Å². The molecule has 0 amide bonds. The van der Waals surface area contributed by atoms with E-state index in [1.165, 1.54) is 43.7 Å². The predicted molar refractivity (Wildman–Crippen MR) is 132 cm³/mol. The van der Waals surface area contributed by atoms with Crippen LogP contribution in [0.4, 0.5) is 23.4 Å². The highest BCUT2D eigenvalue weighted by Crippen LogP contribution is 2.36. The highest BCUT2D eigenvalue weighted by molar-refractivity contribution is 7.92. The van der Waals surface area contributed by atoms with Crippen LogP contribution in [0.3, 0.4) is 0 Å². The Morgan fingerprint density at radius 2 is 1.82 bits per heavy atom. The monoisotopic (exact) mass is 560 g/mol. The lowest BCUT2D eigenvalue weighted by Crippen LogP contribution is -2.19. The SMILES string of the molecule is COc1cc(-c2cncc(C(F)(F)F)c2)c(F)cc1-n1c(=O)ccc2cc(S(=O)(=O)Nc3ccon3)ccc21. The second-order valence-corrected chi connectivity index (χ2v) is 9.86. The van der Waals surface area contributed by atoms with Crippen molar-refractivity contribution in [2.75, 3.05) is 11.8 Å². The number of hydrogen-bond donors (Lipinski definition) is 1. The third-order valence-electron chi connectivity index (χ3n) is 5.74. The first kappa shape index (κ1) is 25.9. The molecule has 200 valence electrons. The van der Waals surface area contributed by atoms with E-state index < -0.39 is 33.1 Å². The summed E-state index contributed by atoms with van der Waals surface area (Å²) in [5.74, 6) is -0.994. The maximum absolute atomic E-state index is 15.3. The molecule has 1 N–H and O–H groups in total. The summed E-state index contributed by atoms with van der Waals surface area (Å²) in [6.07, 6.45) is -1.79. The summed E-state index contributed by atoms with van der Waals surface area (Å²) >= 11 is 0. The lowest BCUT2D eigenvalue weighted by molar-refractivity contribution is -0.137. The average molecular weight is 560 g/mol. The number of rotatable bonds is 6. The molecule has 0 saturated heterocycles. The maximum atomic E-state index is 15.3. The zero-order chi connectivity index (χ0) is 27.9. The van der Waals surface area contributed by atoms with E-state index in [1.54, 1.807) is 0 Å². The highest BCUT2D eigenvalue weighted by Gasteiger charge is 2.31. The van der Waals surface area contributed by atoms with E-state index in [9.17, 15) is 26.4 Å². The fourth-order valence-electron chi connectivity index (χ4n) is 3.95. The Morgan fingerprint density at radius 1 is 1.03 bits per heavy atom. The lowest BCUT2D eigenvalue weighted by atomic mass is 10.0. The van der Waals surface area contributed by atoms with Gasteiger partial charge in [-0.1, -0.05) is 5.16 Å². The molecule has 39 heavy (non-hydrogen) atoms. The molecule has 0 aliphatic heterocycles. The summed E-state index contributed by atoms with van der Waals surface area (Å²) in [6.45, 7) is 0. The minimum Gasteiger partial charge on any atom is -0.495 e. The molecule has 0 fully saturated rings. The minimum atomic E-state index is -4.68. The first-order valence-corrected chi connectivity index (χ1v) is 12.5. The van der Waals surface area contributed by atoms with Crippen LogP contribution in [0.5, 0.6) is 5.75 Å².